The van der Waals surface area contributed by atoms with Crippen molar-refractivity contribution in [3.63, 3.8) is 0 Å². The van der Waals surface area contributed by atoms with E-state index in [-0.39, 0.29) is 17.8 Å². The molecule has 0 spiro atoms. The van der Waals surface area contributed by atoms with Gasteiger partial charge in [0.1, 0.15) is 29.3 Å². The Hall–Kier alpha value is -2.56. The van der Waals surface area contributed by atoms with Gasteiger partial charge in [-0.25, -0.2) is 4.98 Å². The number of ketones is 1. The molecular weight excluding hydrogens is 338 g/mol. The topological polar surface area (TPSA) is 54.5 Å². The molecule has 0 amide bonds. The Balaban J connectivity index is 1.56. The molecular formula is C22H29N3O2. The van der Waals surface area contributed by atoms with Crippen molar-refractivity contribution >= 4 is 17.4 Å². The number of nitrogens with zero attached hydrogens (tertiary/aromatic N) is 2. The molecule has 0 radical (unpaired) electrons. The molecule has 0 unspecified atom stereocenters. The van der Waals surface area contributed by atoms with Crippen molar-refractivity contribution in [2.75, 3.05) is 29.9 Å². The zero-order valence-electron chi connectivity index (χ0n) is 16.4. The van der Waals surface area contributed by atoms with E-state index in [0.717, 1.165) is 43.4 Å². The fraction of sp³-hybridized carbons (Fsp3) is 0.455. The van der Waals surface area contributed by atoms with Crippen LogP contribution in [0.15, 0.2) is 42.5 Å². The van der Waals surface area contributed by atoms with E-state index in [9.17, 15) is 4.79 Å². The summed E-state index contributed by atoms with van der Waals surface area (Å²) in [5.41, 5.74) is 1.18. The van der Waals surface area contributed by atoms with Crippen molar-refractivity contribution in [2.45, 2.75) is 45.6 Å². The molecule has 0 bridgehead atoms. The van der Waals surface area contributed by atoms with E-state index in [2.05, 4.69) is 47.2 Å². The molecule has 27 heavy (non-hydrogen) atoms. The summed E-state index contributed by atoms with van der Waals surface area (Å²) < 4.78 is 6.17. The lowest BCUT2D eigenvalue weighted by atomic mass is 9.96. The van der Waals surface area contributed by atoms with Crippen LogP contribution in [0.5, 0.6) is 5.75 Å². The van der Waals surface area contributed by atoms with Crippen LogP contribution in [0.25, 0.3) is 0 Å². The maximum atomic E-state index is 11.3. The average Bonchev–Trinajstić information content (AvgIpc) is 3.11. The Bertz CT molecular complexity index is 760. The van der Waals surface area contributed by atoms with Crippen LogP contribution in [-0.4, -0.2) is 36.5 Å². The maximum Gasteiger partial charge on any atom is 0.131 e. The highest BCUT2D eigenvalue weighted by molar-refractivity contribution is 5.76. The smallest absolute Gasteiger partial charge is 0.131 e. The summed E-state index contributed by atoms with van der Waals surface area (Å²) in [5.74, 6) is 3.26. The number of hydrogen-bond donors (Lipinski definition) is 1. The van der Waals surface area contributed by atoms with Gasteiger partial charge in [0, 0.05) is 25.9 Å². The molecule has 1 aliphatic heterocycles. The lowest BCUT2D eigenvalue weighted by Gasteiger charge is -2.19. The largest absolute Gasteiger partial charge is 0.489 e. The number of Topliss-reactive ketones (excluding diaryl/α,β-unsaturated/α-hetero) is 1. The average molecular weight is 367 g/mol. The predicted molar refractivity (Wildman–Crippen MR) is 110 cm³/mol. The quantitative estimate of drug-likeness (QED) is 0.756. The van der Waals surface area contributed by atoms with Gasteiger partial charge in [0.25, 0.3) is 0 Å². The maximum absolute atomic E-state index is 11.3. The number of carbonyl (C=O) groups is 1. The van der Waals surface area contributed by atoms with Gasteiger partial charge in [0.2, 0.25) is 0 Å². The highest BCUT2D eigenvalue weighted by Gasteiger charge is 2.25. The monoisotopic (exact) mass is 367 g/mol. The second-order valence-corrected chi connectivity index (χ2v) is 7.26. The van der Waals surface area contributed by atoms with Crippen molar-refractivity contribution in [1.29, 1.82) is 0 Å². The Morgan fingerprint density at radius 2 is 2.07 bits per heavy atom. The summed E-state index contributed by atoms with van der Waals surface area (Å²) in [6.45, 7) is 8.44. The number of hydrogen-bond acceptors (Lipinski definition) is 5. The molecule has 1 aromatic carbocycles. The van der Waals surface area contributed by atoms with E-state index in [0.29, 0.717) is 6.42 Å². The standard InChI is InChI=1S/C22H29N3O2/c1-4-23-21-6-5-7-22(24-21)25-13-12-20(15-25)27-19-10-8-18(9-11-19)16(2)14-17(3)26/h5-11,16,20H,4,12-15H2,1-3H3,(H,23,24)/t16-,20-/m1/s1. The van der Waals surface area contributed by atoms with Gasteiger partial charge < -0.3 is 19.7 Å². The molecule has 1 fully saturated rings. The van der Waals surface area contributed by atoms with Crippen LogP contribution in [-0.2, 0) is 4.79 Å². The highest BCUT2D eigenvalue weighted by atomic mass is 16.5. The van der Waals surface area contributed by atoms with E-state index in [1.54, 1.807) is 6.92 Å². The van der Waals surface area contributed by atoms with Gasteiger partial charge in [-0.15, -0.1) is 0 Å². The van der Waals surface area contributed by atoms with E-state index in [4.69, 9.17) is 4.74 Å². The highest BCUT2D eigenvalue weighted by Crippen LogP contribution is 2.26. The summed E-state index contributed by atoms with van der Waals surface area (Å²) in [4.78, 5) is 18.2. The molecule has 5 nitrogen and oxygen atoms in total. The minimum absolute atomic E-state index is 0.162. The van der Waals surface area contributed by atoms with E-state index in [1.165, 1.54) is 5.56 Å². The SMILES string of the molecule is CCNc1cccc(N2CC[C@@H](Oc3ccc([C@H](C)CC(C)=O)cc3)C2)n1. The summed E-state index contributed by atoms with van der Waals surface area (Å²) in [6, 6.07) is 14.2. The molecule has 2 heterocycles. The van der Waals surface area contributed by atoms with E-state index < -0.39 is 0 Å². The zero-order chi connectivity index (χ0) is 19.2. The Labute approximate surface area is 161 Å². The number of pyridine rings is 1. The summed E-state index contributed by atoms with van der Waals surface area (Å²) >= 11 is 0. The van der Waals surface area contributed by atoms with E-state index in [1.807, 2.05) is 24.3 Å². The fourth-order valence-electron chi connectivity index (χ4n) is 3.53. The molecule has 2 aromatic rings. The van der Waals surface area contributed by atoms with Gasteiger partial charge >= 0.3 is 0 Å². The number of anilines is 2. The van der Waals surface area contributed by atoms with Gasteiger partial charge in [0.15, 0.2) is 0 Å². The number of carbonyl (C=O) groups excluding carboxylic acids is 1. The van der Waals surface area contributed by atoms with Crippen molar-refractivity contribution in [1.82, 2.24) is 4.98 Å². The normalized spacial score (nSPS) is 17.6. The van der Waals surface area contributed by atoms with Crippen LogP contribution >= 0.6 is 0 Å². The van der Waals surface area contributed by atoms with E-state index >= 15 is 0 Å². The van der Waals surface area contributed by atoms with Gasteiger partial charge in [0.05, 0.1) is 6.54 Å². The molecule has 0 aliphatic carbocycles. The Morgan fingerprint density at radius 3 is 2.78 bits per heavy atom. The fourth-order valence-corrected chi connectivity index (χ4v) is 3.53. The Morgan fingerprint density at radius 1 is 1.30 bits per heavy atom. The van der Waals surface area contributed by atoms with Gasteiger partial charge in [-0.1, -0.05) is 25.1 Å². The first-order chi connectivity index (χ1) is 13.0. The third-order valence-electron chi connectivity index (χ3n) is 4.91. The predicted octanol–water partition coefficient (Wildman–Crippen LogP) is 4.25. The summed E-state index contributed by atoms with van der Waals surface area (Å²) in [7, 11) is 0. The first-order valence-corrected chi connectivity index (χ1v) is 9.77. The second kappa shape index (κ2) is 8.89. The molecule has 1 aromatic heterocycles. The van der Waals surface area contributed by atoms with Crippen LogP contribution < -0.4 is 15.0 Å². The van der Waals surface area contributed by atoms with Crippen molar-refractivity contribution in [3.8, 4) is 5.75 Å². The lowest BCUT2D eigenvalue weighted by molar-refractivity contribution is -0.117. The van der Waals surface area contributed by atoms with Crippen molar-refractivity contribution < 1.29 is 9.53 Å². The third-order valence-corrected chi connectivity index (χ3v) is 4.91. The number of aromatic nitrogens is 1. The van der Waals surface area contributed by atoms with Crippen LogP contribution in [0.1, 0.15) is 45.1 Å². The number of rotatable bonds is 8. The minimum atomic E-state index is 0.162. The van der Waals surface area contributed by atoms with Crippen LogP contribution in [0.2, 0.25) is 0 Å². The number of nitrogens with one attached hydrogen (secondary N) is 1. The summed E-state index contributed by atoms with van der Waals surface area (Å²) in [5, 5.41) is 3.26. The molecule has 5 heteroatoms. The lowest BCUT2D eigenvalue weighted by Crippen LogP contribution is -2.25. The van der Waals surface area contributed by atoms with Crippen LogP contribution in [0, 0.1) is 0 Å². The number of ether oxygens (including phenoxy) is 1. The van der Waals surface area contributed by atoms with Gasteiger partial charge in [-0.3, -0.25) is 0 Å². The second-order valence-electron chi connectivity index (χ2n) is 7.26. The summed E-state index contributed by atoms with van der Waals surface area (Å²) in [6.07, 6.45) is 1.72. The van der Waals surface area contributed by atoms with Crippen molar-refractivity contribution in [3.05, 3.63) is 48.0 Å². The molecule has 1 N–H and O–H groups in total. The third kappa shape index (κ3) is 5.22. The van der Waals surface area contributed by atoms with Crippen molar-refractivity contribution in [2.24, 2.45) is 0 Å². The molecule has 1 aliphatic rings. The van der Waals surface area contributed by atoms with Gasteiger partial charge in [-0.2, -0.15) is 0 Å². The molecule has 2 atom stereocenters. The molecule has 3 rings (SSSR count). The molecule has 0 saturated carbocycles. The van der Waals surface area contributed by atoms with Crippen LogP contribution in [0.3, 0.4) is 0 Å². The first-order valence-electron chi connectivity index (χ1n) is 9.77. The van der Waals surface area contributed by atoms with Gasteiger partial charge in [-0.05, 0) is 49.6 Å². The first kappa shape index (κ1) is 19.2. The van der Waals surface area contributed by atoms with Crippen LogP contribution in [0.4, 0.5) is 11.6 Å². The Kier molecular flexibility index (Phi) is 6.32. The number of benzene rings is 1. The molecule has 1 saturated heterocycles. The zero-order valence-corrected chi connectivity index (χ0v) is 16.4. The minimum Gasteiger partial charge on any atom is -0.489 e. The molecule has 144 valence electrons.